The van der Waals surface area contributed by atoms with Gasteiger partial charge in [0.1, 0.15) is 12.6 Å². The molecule has 37 heavy (non-hydrogen) atoms. The molecule has 0 unspecified atom stereocenters. The third kappa shape index (κ3) is 9.55. The van der Waals surface area contributed by atoms with Crippen molar-refractivity contribution in [1.82, 2.24) is 5.32 Å². The minimum absolute atomic E-state index is 0.110. The van der Waals surface area contributed by atoms with Gasteiger partial charge < -0.3 is 19.5 Å². The van der Waals surface area contributed by atoms with Gasteiger partial charge in [-0.15, -0.1) is 0 Å². The maximum absolute atomic E-state index is 14.5. The van der Waals surface area contributed by atoms with Gasteiger partial charge in [-0.1, -0.05) is 30.3 Å². The van der Waals surface area contributed by atoms with Gasteiger partial charge in [0, 0.05) is 24.7 Å². The monoisotopic (exact) mass is 516 g/mol. The van der Waals surface area contributed by atoms with Crippen molar-refractivity contribution in [3.05, 3.63) is 65.7 Å². The van der Waals surface area contributed by atoms with E-state index in [2.05, 4.69) is 5.32 Å². The molecule has 200 valence electrons. The quantitative estimate of drug-likeness (QED) is 0.352. The zero-order valence-corrected chi connectivity index (χ0v) is 21.6. The van der Waals surface area contributed by atoms with Crippen molar-refractivity contribution in [2.75, 3.05) is 11.9 Å². The Labute approximate surface area is 215 Å². The van der Waals surface area contributed by atoms with Crippen molar-refractivity contribution in [1.29, 1.82) is 0 Å². The van der Waals surface area contributed by atoms with Crippen molar-refractivity contribution in [3.63, 3.8) is 0 Å². The molecule has 2 amide bonds. The van der Waals surface area contributed by atoms with E-state index in [9.17, 15) is 23.6 Å². The Morgan fingerprint density at radius 2 is 1.43 bits per heavy atom. The van der Waals surface area contributed by atoms with Gasteiger partial charge in [-0.3, -0.25) is 9.69 Å². The summed E-state index contributed by atoms with van der Waals surface area (Å²) in [5.41, 5.74) is 1.46. The van der Waals surface area contributed by atoms with E-state index in [1.165, 1.54) is 36.2 Å². The SMILES string of the molecule is CC(C)OC(=O)[C@H](F)C[C@H](NC(=O)c1ccc(N(C)C(=O)OCc2ccccc2)cc1)C(=O)OC(C)C. The molecule has 0 saturated heterocycles. The summed E-state index contributed by atoms with van der Waals surface area (Å²) < 4.78 is 29.7. The minimum atomic E-state index is -2.13. The van der Waals surface area contributed by atoms with Crippen LogP contribution < -0.4 is 10.2 Å². The molecule has 0 aliphatic carbocycles. The van der Waals surface area contributed by atoms with Gasteiger partial charge in [-0.25, -0.2) is 18.8 Å². The highest BCUT2D eigenvalue weighted by Gasteiger charge is 2.31. The first kappa shape index (κ1) is 29.3. The topological polar surface area (TPSA) is 111 Å². The van der Waals surface area contributed by atoms with E-state index < -0.39 is 54.8 Å². The fraction of sp³-hybridized carbons (Fsp3) is 0.407. The number of esters is 2. The Balaban J connectivity index is 2.04. The number of hydrogen-bond donors (Lipinski definition) is 1. The van der Waals surface area contributed by atoms with Crippen molar-refractivity contribution in [2.24, 2.45) is 0 Å². The van der Waals surface area contributed by atoms with Crippen molar-refractivity contribution in [3.8, 4) is 0 Å². The lowest BCUT2D eigenvalue weighted by atomic mass is 10.1. The van der Waals surface area contributed by atoms with Gasteiger partial charge in [-0.05, 0) is 57.5 Å². The lowest BCUT2D eigenvalue weighted by molar-refractivity contribution is -0.155. The lowest BCUT2D eigenvalue weighted by Gasteiger charge is -2.21. The number of alkyl halides is 1. The van der Waals surface area contributed by atoms with E-state index in [0.717, 1.165) is 5.56 Å². The van der Waals surface area contributed by atoms with Crippen molar-refractivity contribution < 1.29 is 37.8 Å². The van der Waals surface area contributed by atoms with Gasteiger partial charge in [-0.2, -0.15) is 0 Å². The maximum Gasteiger partial charge on any atom is 0.414 e. The number of hydrogen-bond acceptors (Lipinski definition) is 7. The number of carbonyl (C=O) groups is 4. The third-order valence-electron chi connectivity index (χ3n) is 4.99. The first-order chi connectivity index (χ1) is 17.5. The largest absolute Gasteiger partial charge is 0.461 e. The number of nitrogens with zero attached hydrogens (tertiary/aromatic N) is 1. The molecule has 2 aromatic carbocycles. The van der Waals surface area contributed by atoms with E-state index in [0.29, 0.717) is 5.69 Å². The highest BCUT2D eigenvalue weighted by Crippen LogP contribution is 2.17. The Kier molecular flexibility index (Phi) is 11.0. The number of nitrogens with one attached hydrogen (secondary N) is 1. The molecule has 0 spiro atoms. The average Bonchev–Trinajstić information content (AvgIpc) is 2.86. The molecule has 0 fully saturated rings. The van der Waals surface area contributed by atoms with Crippen LogP contribution in [0.3, 0.4) is 0 Å². The molecule has 0 aliphatic heterocycles. The third-order valence-corrected chi connectivity index (χ3v) is 4.99. The lowest BCUT2D eigenvalue weighted by Crippen LogP contribution is -2.45. The van der Waals surface area contributed by atoms with Crippen molar-refractivity contribution in [2.45, 2.75) is 65.1 Å². The molecule has 0 bridgehead atoms. The molecule has 0 radical (unpaired) electrons. The molecule has 0 heterocycles. The summed E-state index contributed by atoms with van der Waals surface area (Å²) in [6, 6.07) is 13.7. The zero-order chi connectivity index (χ0) is 27.5. The van der Waals surface area contributed by atoms with E-state index in [1.54, 1.807) is 27.7 Å². The highest BCUT2D eigenvalue weighted by atomic mass is 19.1. The van der Waals surface area contributed by atoms with Gasteiger partial charge in [0.25, 0.3) is 5.91 Å². The van der Waals surface area contributed by atoms with Crippen molar-refractivity contribution >= 4 is 29.6 Å². The fourth-order valence-corrected chi connectivity index (χ4v) is 3.14. The molecular formula is C27H33FN2O7. The van der Waals surface area contributed by atoms with Crippen LogP contribution >= 0.6 is 0 Å². The smallest absolute Gasteiger partial charge is 0.414 e. The second-order valence-electron chi connectivity index (χ2n) is 8.85. The number of halogens is 1. The van der Waals surface area contributed by atoms with Crippen LogP contribution in [0.1, 0.15) is 50.0 Å². The summed E-state index contributed by atoms with van der Waals surface area (Å²) in [5.74, 6) is -2.69. The fourth-order valence-electron chi connectivity index (χ4n) is 3.14. The molecule has 2 rings (SSSR count). The predicted octanol–water partition coefficient (Wildman–Crippen LogP) is 4.19. The molecule has 9 nitrogen and oxygen atoms in total. The van der Waals surface area contributed by atoms with Crippen LogP contribution in [0.2, 0.25) is 0 Å². The zero-order valence-electron chi connectivity index (χ0n) is 21.6. The molecule has 0 aromatic heterocycles. The van der Waals surface area contributed by atoms with E-state index >= 15 is 0 Å². The second-order valence-corrected chi connectivity index (χ2v) is 8.85. The molecule has 2 atom stereocenters. The summed E-state index contributed by atoms with van der Waals surface area (Å²) in [4.78, 5) is 50.8. The Hall–Kier alpha value is -3.95. The molecule has 0 aliphatic rings. The first-order valence-corrected chi connectivity index (χ1v) is 11.9. The minimum Gasteiger partial charge on any atom is -0.461 e. The molecule has 2 aromatic rings. The van der Waals surface area contributed by atoms with Crippen LogP contribution in [-0.2, 0) is 30.4 Å². The number of rotatable bonds is 11. The Morgan fingerprint density at radius 3 is 2.00 bits per heavy atom. The van der Waals surface area contributed by atoms with Crippen LogP contribution in [0, 0.1) is 0 Å². The van der Waals surface area contributed by atoms with Crippen LogP contribution in [0.4, 0.5) is 14.9 Å². The van der Waals surface area contributed by atoms with Gasteiger partial charge >= 0.3 is 18.0 Å². The van der Waals surface area contributed by atoms with Crippen LogP contribution in [0.15, 0.2) is 54.6 Å². The Bertz CT molecular complexity index is 1060. The highest BCUT2D eigenvalue weighted by molar-refractivity contribution is 5.97. The molecule has 1 N–H and O–H groups in total. The van der Waals surface area contributed by atoms with E-state index in [-0.39, 0.29) is 12.2 Å². The summed E-state index contributed by atoms with van der Waals surface area (Å²) >= 11 is 0. The average molecular weight is 517 g/mol. The summed E-state index contributed by atoms with van der Waals surface area (Å²) in [7, 11) is 1.53. The normalized spacial score (nSPS) is 12.4. The van der Waals surface area contributed by atoms with E-state index in [4.69, 9.17) is 14.2 Å². The van der Waals surface area contributed by atoms with Crippen LogP contribution in [-0.4, -0.2) is 55.4 Å². The Morgan fingerprint density at radius 1 is 0.865 bits per heavy atom. The second kappa shape index (κ2) is 14.0. The molecule has 10 heteroatoms. The number of ether oxygens (including phenoxy) is 3. The number of carbonyl (C=O) groups excluding carboxylic acids is 4. The molecular weight excluding hydrogens is 483 g/mol. The van der Waals surface area contributed by atoms with Gasteiger partial charge in [0.15, 0.2) is 6.17 Å². The predicted molar refractivity (Wildman–Crippen MR) is 135 cm³/mol. The summed E-state index contributed by atoms with van der Waals surface area (Å²) in [6.45, 7) is 6.47. The van der Waals surface area contributed by atoms with E-state index in [1.807, 2.05) is 30.3 Å². The molecule has 0 saturated carbocycles. The van der Waals surface area contributed by atoms with Gasteiger partial charge in [0.2, 0.25) is 0 Å². The maximum atomic E-state index is 14.5. The first-order valence-electron chi connectivity index (χ1n) is 11.9. The number of anilines is 1. The number of benzene rings is 2. The van der Waals surface area contributed by atoms with Crippen LogP contribution in [0.5, 0.6) is 0 Å². The number of amides is 2. The standard InChI is InChI=1S/C27H33FN2O7/c1-17(2)36-25(32)22(28)15-23(26(33)37-18(3)4)29-24(31)20-11-13-21(14-12-20)30(5)27(34)35-16-19-9-7-6-8-10-19/h6-14,17-18,22-23H,15-16H2,1-5H3,(H,29,31)/t22-,23+/m1/s1. The van der Waals surface area contributed by atoms with Crippen LogP contribution in [0.25, 0.3) is 0 Å². The summed E-state index contributed by atoms with van der Waals surface area (Å²) in [5, 5.41) is 2.42. The summed E-state index contributed by atoms with van der Waals surface area (Å²) in [6.07, 6.45) is -4.40. The van der Waals surface area contributed by atoms with Gasteiger partial charge in [0.05, 0.1) is 12.2 Å².